The lowest BCUT2D eigenvalue weighted by Crippen LogP contribution is -2.37. The van der Waals surface area contributed by atoms with Crippen molar-refractivity contribution in [3.8, 4) is 0 Å². The summed E-state index contributed by atoms with van der Waals surface area (Å²) in [5.41, 5.74) is 0. The molecule has 1 heterocycles. The van der Waals surface area contributed by atoms with Crippen molar-refractivity contribution >= 4 is 53.2 Å². The Morgan fingerprint density at radius 1 is 1.47 bits per heavy atom. The molecule has 0 amide bonds. The summed E-state index contributed by atoms with van der Waals surface area (Å²) in [6.45, 7) is 5.68. The summed E-state index contributed by atoms with van der Waals surface area (Å²) < 4.78 is 27.8. The molecule has 7 heteroatoms. The van der Waals surface area contributed by atoms with E-state index in [1.165, 1.54) is 11.3 Å². The third-order valence-corrected chi connectivity index (χ3v) is 6.96. The molecule has 0 aliphatic rings. The van der Waals surface area contributed by atoms with Crippen LogP contribution in [0.25, 0.3) is 0 Å². The van der Waals surface area contributed by atoms with Crippen LogP contribution in [0.2, 0.25) is 0 Å². The number of rotatable bonds is 5. The van der Waals surface area contributed by atoms with Gasteiger partial charge in [-0.15, -0.1) is 11.3 Å². The van der Waals surface area contributed by atoms with Gasteiger partial charge in [0.1, 0.15) is 0 Å². The van der Waals surface area contributed by atoms with E-state index in [0.717, 1.165) is 14.0 Å². The molecule has 2 atom stereocenters. The van der Waals surface area contributed by atoms with Crippen LogP contribution in [0.1, 0.15) is 18.7 Å². The number of hydrogen-bond acceptors (Lipinski definition) is 3. The lowest BCUT2D eigenvalue weighted by molar-refractivity contribution is 0.484. The number of nitrogens with one attached hydrogen (secondary N) is 1. The van der Waals surface area contributed by atoms with Crippen LogP contribution in [0.4, 0.5) is 0 Å². The summed E-state index contributed by atoms with van der Waals surface area (Å²) in [6, 6.07) is 1.55. The Balaban J connectivity index is 2.93. The molecule has 1 aromatic rings. The van der Waals surface area contributed by atoms with Gasteiger partial charge in [0.25, 0.3) is 0 Å². The number of halogens is 2. The van der Waals surface area contributed by atoms with E-state index in [2.05, 4.69) is 36.6 Å². The van der Waals surface area contributed by atoms with Crippen molar-refractivity contribution in [3.05, 3.63) is 14.7 Å². The molecule has 0 spiro atoms. The van der Waals surface area contributed by atoms with Gasteiger partial charge >= 0.3 is 0 Å². The molecule has 0 fully saturated rings. The van der Waals surface area contributed by atoms with E-state index in [4.69, 9.17) is 0 Å². The zero-order chi connectivity index (χ0) is 13.2. The molecule has 98 valence electrons. The van der Waals surface area contributed by atoms with Gasteiger partial charge in [0.2, 0.25) is 10.0 Å². The van der Waals surface area contributed by atoms with Gasteiger partial charge in [-0.05, 0) is 41.8 Å². The minimum Gasteiger partial charge on any atom is -0.208 e. The van der Waals surface area contributed by atoms with Crippen LogP contribution in [0.3, 0.4) is 0 Å². The number of alkyl halides is 1. The van der Waals surface area contributed by atoms with Gasteiger partial charge < -0.3 is 0 Å². The second-order valence-corrected chi connectivity index (χ2v) is 8.98. The molecule has 0 radical (unpaired) electrons. The second-order valence-electron chi connectivity index (χ2n) is 4.01. The van der Waals surface area contributed by atoms with Crippen LogP contribution in [-0.4, -0.2) is 19.8 Å². The fraction of sp³-hybridized carbons (Fsp3) is 0.600. The van der Waals surface area contributed by atoms with Crippen molar-refractivity contribution in [2.75, 3.05) is 5.33 Å². The maximum Gasteiger partial charge on any atom is 0.241 e. The van der Waals surface area contributed by atoms with Crippen LogP contribution in [-0.2, 0) is 10.0 Å². The normalized spacial score (nSPS) is 15.8. The van der Waals surface area contributed by atoms with Crippen molar-refractivity contribution in [1.82, 2.24) is 4.72 Å². The highest BCUT2D eigenvalue weighted by Gasteiger charge is 2.23. The number of thiophene rings is 1. The Hall–Kier alpha value is 0.570. The molecule has 17 heavy (non-hydrogen) atoms. The average molecular weight is 405 g/mol. The first-order valence-corrected chi connectivity index (χ1v) is 9.33. The lowest BCUT2D eigenvalue weighted by Gasteiger charge is -2.19. The molecule has 0 bridgehead atoms. The van der Waals surface area contributed by atoms with Crippen LogP contribution in [0, 0.1) is 12.8 Å². The van der Waals surface area contributed by atoms with Gasteiger partial charge in [-0.3, -0.25) is 0 Å². The standard InChI is InChI=1S/C10H15Br2NO2S2/c1-6(5-11)7(2)13-17(14,15)9-4-10(12)16-8(9)3/h4,6-7,13H,5H2,1-3H3. The van der Waals surface area contributed by atoms with Gasteiger partial charge in [-0.2, -0.15) is 0 Å². The summed E-state index contributed by atoms with van der Waals surface area (Å²) in [4.78, 5) is 1.16. The predicted molar refractivity (Wildman–Crippen MR) is 79.5 cm³/mol. The smallest absolute Gasteiger partial charge is 0.208 e. The number of sulfonamides is 1. The Morgan fingerprint density at radius 3 is 2.47 bits per heavy atom. The van der Waals surface area contributed by atoms with E-state index in [1.807, 2.05) is 20.8 Å². The highest BCUT2D eigenvalue weighted by molar-refractivity contribution is 9.11. The lowest BCUT2D eigenvalue weighted by atomic mass is 10.1. The van der Waals surface area contributed by atoms with Crippen molar-refractivity contribution in [2.45, 2.75) is 31.7 Å². The van der Waals surface area contributed by atoms with Crippen LogP contribution < -0.4 is 4.72 Å². The minimum atomic E-state index is -3.41. The van der Waals surface area contributed by atoms with Crippen LogP contribution in [0.5, 0.6) is 0 Å². The molecular weight excluding hydrogens is 390 g/mol. The second kappa shape index (κ2) is 6.14. The molecule has 1 rings (SSSR count). The summed E-state index contributed by atoms with van der Waals surface area (Å²) in [5, 5.41) is 0.767. The maximum atomic E-state index is 12.2. The predicted octanol–water partition coefficient (Wildman–Crippen LogP) is 3.52. The van der Waals surface area contributed by atoms with Crippen LogP contribution in [0.15, 0.2) is 14.7 Å². The van der Waals surface area contributed by atoms with Crippen molar-refractivity contribution in [2.24, 2.45) is 5.92 Å². The molecule has 1 aromatic heterocycles. The first-order chi connectivity index (χ1) is 7.77. The molecule has 0 saturated carbocycles. The summed E-state index contributed by atoms with van der Waals surface area (Å²) >= 11 is 8.09. The van der Waals surface area contributed by atoms with E-state index in [9.17, 15) is 8.42 Å². The zero-order valence-corrected chi connectivity index (χ0v) is 14.6. The van der Waals surface area contributed by atoms with Gasteiger partial charge in [0.15, 0.2) is 0 Å². The van der Waals surface area contributed by atoms with Gasteiger partial charge in [0.05, 0.1) is 8.68 Å². The molecule has 0 aliphatic carbocycles. The average Bonchev–Trinajstić information content (AvgIpc) is 2.56. The number of aryl methyl sites for hydroxylation is 1. The Labute approximate surface area is 123 Å². The molecule has 0 aromatic carbocycles. The van der Waals surface area contributed by atoms with E-state index in [0.29, 0.717) is 4.90 Å². The largest absolute Gasteiger partial charge is 0.241 e. The third kappa shape index (κ3) is 4.02. The van der Waals surface area contributed by atoms with E-state index >= 15 is 0 Å². The van der Waals surface area contributed by atoms with Crippen molar-refractivity contribution < 1.29 is 8.42 Å². The minimum absolute atomic E-state index is 0.0996. The zero-order valence-electron chi connectivity index (χ0n) is 9.83. The van der Waals surface area contributed by atoms with Crippen molar-refractivity contribution in [3.63, 3.8) is 0 Å². The monoisotopic (exact) mass is 403 g/mol. The Morgan fingerprint density at radius 2 is 2.06 bits per heavy atom. The topological polar surface area (TPSA) is 46.2 Å². The van der Waals surface area contributed by atoms with Gasteiger partial charge in [0, 0.05) is 16.2 Å². The van der Waals surface area contributed by atoms with Crippen molar-refractivity contribution in [1.29, 1.82) is 0 Å². The first-order valence-electron chi connectivity index (χ1n) is 5.12. The molecule has 0 aliphatic heterocycles. The summed E-state index contributed by atoms with van der Waals surface area (Å²) in [7, 11) is -3.41. The highest BCUT2D eigenvalue weighted by Crippen LogP contribution is 2.29. The first kappa shape index (κ1) is 15.6. The molecule has 0 saturated heterocycles. The Bertz CT molecular complexity index is 484. The quantitative estimate of drug-likeness (QED) is 0.763. The highest BCUT2D eigenvalue weighted by atomic mass is 79.9. The summed E-state index contributed by atoms with van der Waals surface area (Å²) in [5.74, 6) is 0.243. The van der Waals surface area contributed by atoms with E-state index in [-0.39, 0.29) is 12.0 Å². The fourth-order valence-corrected chi connectivity index (χ4v) is 5.58. The van der Waals surface area contributed by atoms with E-state index in [1.54, 1.807) is 6.07 Å². The fourth-order valence-electron chi connectivity index (χ4n) is 1.26. The molecular formula is C10H15Br2NO2S2. The van der Waals surface area contributed by atoms with E-state index < -0.39 is 10.0 Å². The Kier molecular flexibility index (Phi) is 5.65. The van der Waals surface area contributed by atoms with Gasteiger partial charge in [-0.1, -0.05) is 22.9 Å². The molecule has 1 N–H and O–H groups in total. The van der Waals surface area contributed by atoms with Gasteiger partial charge in [-0.25, -0.2) is 13.1 Å². The maximum absolute atomic E-state index is 12.2. The molecule has 2 unspecified atom stereocenters. The summed E-state index contributed by atoms with van der Waals surface area (Å²) in [6.07, 6.45) is 0. The third-order valence-electron chi connectivity index (χ3n) is 2.57. The SMILES string of the molecule is Cc1sc(Br)cc1S(=O)(=O)NC(C)C(C)CBr. The van der Waals surface area contributed by atoms with Crippen LogP contribution >= 0.6 is 43.2 Å². The molecule has 3 nitrogen and oxygen atoms in total. The number of hydrogen-bond donors (Lipinski definition) is 1.